The number of nitrogens with one attached hydrogen (secondary N) is 1. The minimum absolute atomic E-state index is 0.0791. The number of benzene rings is 1. The molecule has 0 aliphatic carbocycles. The third kappa shape index (κ3) is 3.01. The summed E-state index contributed by atoms with van der Waals surface area (Å²) in [6.07, 6.45) is 1.33. The summed E-state index contributed by atoms with van der Waals surface area (Å²) in [6, 6.07) is 4.69. The normalized spacial score (nSPS) is 18.3. The van der Waals surface area contributed by atoms with Gasteiger partial charge in [-0.25, -0.2) is 16.8 Å². The quantitative estimate of drug-likeness (QED) is 0.858. The summed E-state index contributed by atoms with van der Waals surface area (Å²) in [5, 5.41) is 0. The van der Waals surface area contributed by atoms with E-state index >= 15 is 0 Å². The van der Waals surface area contributed by atoms with Gasteiger partial charge in [0.05, 0.1) is 22.8 Å². The summed E-state index contributed by atoms with van der Waals surface area (Å²) in [4.78, 5) is 12.1. The van der Waals surface area contributed by atoms with Crippen LogP contribution in [0.15, 0.2) is 23.1 Å². The zero-order valence-corrected chi connectivity index (χ0v) is 12.7. The molecule has 1 aliphatic heterocycles. The number of aryl methyl sites for hydroxylation is 1. The van der Waals surface area contributed by atoms with Gasteiger partial charge in [-0.3, -0.25) is 9.52 Å². The molecule has 1 atom stereocenters. The number of carbonyl (C=O) groups excluding carboxylic acids is 1. The summed E-state index contributed by atoms with van der Waals surface area (Å²) >= 11 is 0. The summed E-state index contributed by atoms with van der Waals surface area (Å²) in [6.45, 7) is 1.58. The molecule has 1 aliphatic rings. The van der Waals surface area contributed by atoms with Crippen molar-refractivity contribution in [3.05, 3.63) is 29.3 Å². The first kappa shape index (κ1) is 15.0. The molecule has 0 spiro atoms. The van der Waals surface area contributed by atoms with Crippen LogP contribution in [-0.2, 0) is 31.1 Å². The second-order valence-electron chi connectivity index (χ2n) is 4.90. The van der Waals surface area contributed by atoms with Crippen molar-refractivity contribution >= 4 is 25.8 Å². The number of sulfone groups is 1. The third-order valence-corrected chi connectivity index (χ3v) is 5.62. The lowest BCUT2D eigenvalue weighted by atomic mass is 9.98. The van der Waals surface area contributed by atoms with E-state index < -0.39 is 31.7 Å². The van der Waals surface area contributed by atoms with Gasteiger partial charge in [0.1, 0.15) is 0 Å². The van der Waals surface area contributed by atoms with Crippen molar-refractivity contribution in [3.8, 4) is 0 Å². The van der Waals surface area contributed by atoms with Gasteiger partial charge in [0.15, 0.2) is 9.84 Å². The Hall–Kier alpha value is -1.41. The maximum atomic E-state index is 11.8. The second-order valence-corrected chi connectivity index (χ2v) is 8.72. The van der Waals surface area contributed by atoms with E-state index in [-0.39, 0.29) is 5.75 Å². The van der Waals surface area contributed by atoms with E-state index in [1.54, 1.807) is 19.1 Å². The van der Waals surface area contributed by atoms with E-state index in [0.717, 1.165) is 6.26 Å². The third-order valence-electron chi connectivity index (χ3n) is 3.24. The fourth-order valence-corrected chi connectivity index (χ4v) is 4.23. The molecule has 1 heterocycles. The Morgan fingerprint density at radius 3 is 2.60 bits per heavy atom. The fourth-order valence-electron chi connectivity index (χ4n) is 2.14. The largest absolute Gasteiger partial charge is 0.273 e. The van der Waals surface area contributed by atoms with Crippen molar-refractivity contribution in [3.63, 3.8) is 0 Å². The number of fused-ring (bicyclic) bond motifs is 1. The standard InChI is InChI=1S/C12H15NO5S2/c1-8(12(14)13-19(2,15)16)9-3-4-11-10(7-9)5-6-20(11,17)18/h3-4,7-8H,5-6H2,1-2H3,(H,13,14). The van der Waals surface area contributed by atoms with Gasteiger partial charge in [0, 0.05) is 0 Å². The lowest BCUT2D eigenvalue weighted by Crippen LogP contribution is -2.32. The predicted octanol–water partition coefficient (Wildman–Crippen LogP) is 0.196. The van der Waals surface area contributed by atoms with Crippen LogP contribution in [0.2, 0.25) is 0 Å². The molecule has 110 valence electrons. The van der Waals surface area contributed by atoms with Gasteiger partial charge in [-0.2, -0.15) is 0 Å². The first-order chi connectivity index (χ1) is 9.10. The average molecular weight is 317 g/mol. The van der Waals surface area contributed by atoms with Crippen molar-refractivity contribution in [1.82, 2.24) is 4.72 Å². The molecule has 6 nitrogen and oxygen atoms in total. The van der Waals surface area contributed by atoms with Gasteiger partial charge < -0.3 is 0 Å². The number of rotatable bonds is 3. The van der Waals surface area contributed by atoms with Gasteiger partial charge in [-0.15, -0.1) is 0 Å². The average Bonchev–Trinajstić information content (AvgIpc) is 2.62. The smallest absolute Gasteiger partial charge is 0.240 e. The number of sulfonamides is 1. The van der Waals surface area contributed by atoms with Gasteiger partial charge in [-0.05, 0) is 30.5 Å². The van der Waals surface area contributed by atoms with Crippen LogP contribution in [0.4, 0.5) is 0 Å². The Balaban J connectivity index is 2.30. The van der Waals surface area contributed by atoms with Gasteiger partial charge >= 0.3 is 0 Å². The molecule has 0 saturated heterocycles. The molecule has 0 fully saturated rings. The molecule has 1 unspecified atom stereocenters. The fraction of sp³-hybridized carbons (Fsp3) is 0.417. The molecule has 1 N–H and O–H groups in total. The van der Waals surface area contributed by atoms with Gasteiger partial charge in [0.2, 0.25) is 15.9 Å². The molecule has 20 heavy (non-hydrogen) atoms. The predicted molar refractivity (Wildman–Crippen MR) is 73.6 cm³/mol. The first-order valence-corrected chi connectivity index (χ1v) is 9.52. The van der Waals surface area contributed by atoms with Crippen LogP contribution in [0.25, 0.3) is 0 Å². The Kier molecular flexibility index (Phi) is 3.64. The zero-order valence-electron chi connectivity index (χ0n) is 11.1. The summed E-state index contributed by atoms with van der Waals surface area (Å²) in [7, 11) is -6.80. The minimum Gasteiger partial charge on any atom is -0.273 e. The molecule has 0 aromatic heterocycles. The van der Waals surface area contributed by atoms with Crippen molar-refractivity contribution in [2.45, 2.75) is 24.2 Å². The Bertz CT molecular complexity index is 765. The van der Waals surface area contributed by atoms with E-state index in [1.807, 2.05) is 4.72 Å². The Morgan fingerprint density at radius 1 is 1.35 bits per heavy atom. The number of hydrogen-bond acceptors (Lipinski definition) is 5. The lowest BCUT2D eigenvalue weighted by Gasteiger charge is -2.12. The van der Waals surface area contributed by atoms with Crippen LogP contribution >= 0.6 is 0 Å². The molecule has 0 bridgehead atoms. The highest BCUT2D eigenvalue weighted by molar-refractivity contribution is 7.91. The highest BCUT2D eigenvalue weighted by Gasteiger charge is 2.27. The summed E-state index contributed by atoms with van der Waals surface area (Å²) < 4.78 is 47.4. The van der Waals surface area contributed by atoms with E-state index in [4.69, 9.17) is 0 Å². The van der Waals surface area contributed by atoms with Crippen LogP contribution in [0.1, 0.15) is 24.0 Å². The summed E-state index contributed by atoms with van der Waals surface area (Å²) in [5.41, 5.74) is 1.28. The summed E-state index contributed by atoms with van der Waals surface area (Å²) in [5.74, 6) is -1.22. The van der Waals surface area contributed by atoms with Crippen molar-refractivity contribution in [2.75, 3.05) is 12.0 Å². The molecule has 0 saturated carbocycles. The molecule has 1 aromatic rings. The number of amides is 1. The molecule has 2 rings (SSSR count). The monoisotopic (exact) mass is 317 g/mol. The minimum atomic E-state index is -3.60. The van der Waals surface area contributed by atoms with Crippen LogP contribution in [0, 0.1) is 0 Å². The highest BCUT2D eigenvalue weighted by Crippen LogP contribution is 2.29. The van der Waals surface area contributed by atoms with E-state index in [0.29, 0.717) is 22.4 Å². The maximum absolute atomic E-state index is 11.8. The van der Waals surface area contributed by atoms with Gasteiger partial charge in [0.25, 0.3) is 0 Å². The van der Waals surface area contributed by atoms with Gasteiger partial charge in [-0.1, -0.05) is 12.1 Å². The molecule has 1 amide bonds. The molecule has 1 aromatic carbocycles. The molecular formula is C12H15NO5S2. The topological polar surface area (TPSA) is 97.4 Å². The lowest BCUT2D eigenvalue weighted by molar-refractivity contribution is -0.120. The van der Waals surface area contributed by atoms with Crippen molar-refractivity contribution in [1.29, 1.82) is 0 Å². The SMILES string of the molecule is CC(C(=O)NS(C)(=O)=O)c1ccc2c(c1)CCS2(=O)=O. The highest BCUT2D eigenvalue weighted by atomic mass is 32.2. The van der Waals surface area contributed by atoms with E-state index in [1.165, 1.54) is 6.07 Å². The number of hydrogen-bond donors (Lipinski definition) is 1. The van der Waals surface area contributed by atoms with Crippen LogP contribution in [-0.4, -0.2) is 34.8 Å². The van der Waals surface area contributed by atoms with E-state index in [2.05, 4.69) is 0 Å². The Labute approximate surface area is 118 Å². The molecule has 8 heteroatoms. The molecule has 0 radical (unpaired) electrons. The van der Waals surface area contributed by atoms with Crippen molar-refractivity contribution in [2.24, 2.45) is 0 Å². The van der Waals surface area contributed by atoms with Crippen LogP contribution in [0.3, 0.4) is 0 Å². The van der Waals surface area contributed by atoms with Crippen molar-refractivity contribution < 1.29 is 21.6 Å². The van der Waals surface area contributed by atoms with E-state index in [9.17, 15) is 21.6 Å². The molecular weight excluding hydrogens is 302 g/mol. The second kappa shape index (κ2) is 4.85. The van der Waals surface area contributed by atoms with Crippen LogP contribution in [0.5, 0.6) is 0 Å². The zero-order chi connectivity index (χ0) is 15.1. The van der Waals surface area contributed by atoms with Crippen LogP contribution < -0.4 is 4.72 Å². The Morgan fingerprint density at radius 2 is 2.00 bits per heavy atom. The maximum Gasteiger partial charge on any atom is 0.240 e. The first-order valence-electron chi connectivity index (χ1n) is 5.97. The number of carbonyl (C=O) groups is 1.